The van der Waals surface area contributed by atoms with E-state index in [4.69, 9.17) is 4.74 Å². The molecule has 0 fully saturated rings. The molecule has 0 aliphatic heterocycles. The summed E-state index contributed by atoms with van der Waals surface area (Å²) in [5.74, 6) is 0.483. The second-order valence-corrected chi connectivity index (χ2v) is 4.31. The number of ether oxygens (including phenoxy) is 1. The van der Waals surface area contributed by atoms with Gasteiger partial charge in [-0.15, -0.1) is 0 Å². The van der Waals surface area contributed by atoms with Gasteiger partial charge in [0.2, 0.25) is 0 Å². The Morgan fingerprint density at radius 2 is 1.75 bits per heavy atom. The van der Waals surface area contributed by atoms with Crippen molar-refractivity contribution in [3.63, 3.8) is 0 Å². The molecule has 0 aliphatic carbocycles. The van der Waals surface area contributed by atoms with Crippen molar-refractivity contribution in [1.29, 1.82) is 0 Å². The standard InChI is InChI=1S/C16H13FN2O/c1-20-13-8-6-12(7-9-13)15-10-11-18-19(15)16-5-3-2-4-14(16)17/h2-11H,1H3. The fourth-order valence-corrected chi connectivity index (χ4v) is 2.10. The van der Waals surface area contributed by atoms with Gasteiger partial charge < -0.3 is 4.74 Å². The van der Waals surface area contributed by atoms with Crippen LogP contribution in [0.5, 0.6) is 5.75 Å². The van der Waals surface area contributed by atoms with Crippen molar-refractivity contribution >= 4 is 0 Å². The molecule has 0 saturated heterocycles. The Morgan fingerprint density at radius 3 is 2.45 bits per heavy atom. The lowest BCUT2D eigenvalue weighted by Crippen LogP contribution is -2.01. The predicted octanol–water partition coefficient (Wildman–Crippen LogP) is 3.69. The van der Waals surface area contributed by atoms with Crippen molar-refractivity contribution < 1.29 is 9.13 Å². The summed E-state index contributed by atoms with van der Waals surface area (Å²) >= 11 is 0. The topological polar surface area (TPSA) is 27.1 Å². The molecule has 3 aromatic rings. The van der Waals surface area contributed by atoms with Crippen LogP contribution >= 0.6 is 0 Å². The molecular weight excluding hydrogens is 255 g/mol. The monoisotopic (exact) mass is 268 g/mol. The molecule has 0 amide bonds. The number of methoxy groups -OCH3 is 1. The highest BCUT2D eigenvalue weighted by Gasteiger charge is 2.10. The molecule has 0 aliphatic rings. The van der Waals surface area contributed by atoms with Gasteiger partial charge in [0.25, 0.3) is 0 Å². The largest absolute Gasteiger partial charge is 0.497 e. The number of benzene rings is 2. The minimum atomic E-state index is -0.300. The molecular formula is C16H13FN2O. The Kier molecular flexibility index (Phi) is 3.21. The van der Waals surface area contributed by atoms with E-state index in [0.29, 0.717) is 5.69 Å². The minimum absolute atomic E-state index is 0.300. The van der Waals surface area contributed by atoms with Gasteiger partial charge in [-0.1, -0.05) is 12.1 Å². The van der Waals surface area contributed by atoms with Gasteiger partial charge >= 0.3 is 0 Å². The van der Waals surface area contributed by atoms with Crippen LogP contribution in [0.1, 0.15) is 0 Å². The summed E-state index contributed by atoms with van der Waals surface area (Å²) in [6, 6.07) is 16.0. The van der Waals surface area contributed by atoms with E-state index < -0.39 is 0 Å². The molecule has 3 nitrogen and oxygen atoms in total. The van der Waals surface area contributed by atoms with Gasteiger partial charge in [-0.25, -0.2) is 9.07 Å². The molecule has 0 N–H and O–H groups in total. The number of halogens is 1. The third kappa shape index (κ3) is 2.16. The van der Waals surface area contributed by atoms with Gasteiger partial charge in [0, 0.05) is 5.56 Å². The summed E-state index contributed by atoms with van der Waals surface area (Å²) in [4.78, 5) is 0. The number of rotatable bonds is 3. The number of nitrogens with zero attached hydrogens (tertiary/aromatic N) is 2. The first kappa shape index (κ1) is 12.4. The molecule has 3 rings (SSSR count). The third-order valence-corrected chi connectivity index (χ3v) is 3.11. The maximum absolute atomic E-state index is 13.9. The quantitative estimate of drug-likeness (QED) is 0.724. The van der Waals surface area contributed by atoms with E-state index in [1.54, 1.807) is 36.2 Å². The van der Waals surface area contributed by atoms with E-state index in [2.05, 4.69) is 5.10 Å². The highest BCUT2D eigenvalue weighted by atomic mass is 19.1. The summed E-state index contributed by atoms with van der Waals surface area (Å²) in [6.07, 6.45) is 1.66. The maximum Gasteiger partial charge on any atom is 0.148 e. The van der Waals surface area contributed by atoms with Crippen LogP contribution in [-0.2, 0) is 0 Å². The number of hydrogen-bond acceptors (Lipinski definition) is 2. The molecule has 0 unspecified atom stereocenters. The van der Waals surface area contributed by atoms with Gasteiger partial charge in [0.05, 0.1) is 19.0 Å². The van der Waals surface area contributed by atoms with Crippen molar-refractivity contribution in [2.75, 3.05) is 7.11 Å². The van der Waals surface area contributed by atoms with E-state index >= 15 is 0 Å². The smallest absolute Gasteiger partial charge is 0.148 e. The normalized spacial score (nSPS) is 10.5. The second-order valence-electron chi connectivity index (χ2n) is 4.31. The zero-order valence-electron chi connectivity index (χ0n) is 11.0. The van der Waals surface area contributed by atoms with Crippen molar-refractivity contribution in [3.8, 4) is 22.7 Å². The summed E-state index contributed by atoms with van der Waals surface area (Å²) in [5, 5.41) is 4.21. The number of hydrogen-bond donors (Lipinski definition) is 0. The summed E-state index contributed by atoms with van der Waals surface area (Å²) in [7, 11) is 1.62. The molecule has 100 valence electrons. The number of aromatic nitrogens is 2. The Bertz CT molecular complexity index is 719. The fraction of sp³-hybridized carbons (Fsp3) is 0.0625. The lowest BCUT2D eigenvalue weighted by Gasteiger charge is -2.09. The van der Waals surface area contributed by atoms with E-state index in [1.807, 2.05) is 30.3 Å². The van der Waals surface area contributed by atoms with Crippen LogP contribution in [-0.4, -0.2) is 16.9 Å². The SMILES string of the molecule is COc1ccc(-c2ccnn2-c2ccccc2F)cc1. The molecule has 20 heavy (non-hydrogen) atoms. The first-order chi connectivity index (χ1) is 9.79. The van der Waals surface area contributed by atoms with Gasteiger partial charge in [-0.2, -0.15) is 5.10 Å². The lowest BCUT2D eigenvalue weighted by atomic mass is 10.1. The molecule has 2 aromatic carbocycles. The fourth-order valence-electron chi connectivity index (χ4n) is 2.10. The van der Waals surface area contributed by atoms with Crippen LogP contribution in [0.3, 0.4) is 0 Å². The molecule has 0 bridgehead atoms. The molecule has 0 radical (unpaired) electrons. The highest BCUT2D eigenvalue weighted by molar-refractivity contribution is 5.62. The van der Waals surface area contributed by atoms with Crippen LogP contribution in [0.15, 0.2) is 60.8 Å². The van der Waals surface area contributed by atoms with Crippen LogP contribution < -0.4 is 4.74 Å². The van der Waals surface area contributed by atoms with Gasteiger partial charge in [0.15, 0.2) is 0 Å². The van der Waals surface area contributed by atoms with Crippen LogP contribution in [0.25, 0.3) is 16.9 Å². The summed E-state index contributed by atoms with van der Waals surface area (Å²) < 4.78 is 20.6. The first-order valence-electron chi connectivity index (χ1n) is 6.23. The average molecular weight is 268 g/mol. The molecule has 1 aromatic heterocycles. The Labute approximate surface area is 116 Å². The van der Waals surface area contributed by atoms with E-state index in [9.17, 15) is 4.39 Å². The van der Waals surface area contributed by atoms with Crippen molar-refractivity contribution in [3.05, 3.63) is 66.6 Å². The summed E-state index contributed by atoms with van der Waals surface area (Å²) in [6.45, 7) is 0. The molecule has 0 saturated carbocycles. The summed E-state index contributed by atoms with van der Waals surface area (Å²) in [5.41, 5.74) is 2.22. The highest BCUT2D eigenvalue weighted by Crippen LogP contribution is 2.25. The van der Waals surface area contributed by atoms with Gasteiger partial charge in [0.1, 0.15) is 17.3 Å². The van der Waals surface area contributed by atoms with E-state index in [0.717, 1.165) is 17.0 Å². The predicted molar refractivity (Wildman–Crippen MR) is 75.5 cm³/mol. The Balaban J connectivity index is 2.08. The van der Waals surface area contributed by atoms with Crippen LogP contribution in [0, 0.1) is 5.82 Å². The zero-order chi connectivity index (χ0) is 13.9. The molecule has 0 atom stereocenters. The van der Waals surface area contributed by atoms with Gasteiger partial charge in [-0.3, -0.25) is 0 Å². The number of para-hydroxylation sites is 1. The first-order valence-corrected chi connectivity index (χ1v) is 6.23. The molecule has 4 heteroatoms. The van der Waals surface area contributed by atoms with Gasteiger partial charge in [-0.05, 0) is 42.5 Å². The Hall–Kier alpha value is -2.62. The van der Waals surface area contributed by atoms with Crippen LogP contribution in [0.4, 0.5) is 4.39 Å². The van der Waals surface area contributed by atoms with Crippen molar-refractivity contribution in [2.24, 2.45) is 0 Å². The minimum Gasteiger partial charge on any atom is -0.497 e. The molecule has 1 heterocycles. The maximum atomic E-state index is 13.9. The second kappa shape index (κ2) is 5.17. The average Bonchev–Trinajstić information content (AvgIpc) is 2.97. The third-order valence-electron chi connectivity index (χ3n) is 3.11. The van der Waals surface area contributed by atoms with Crippen LogP contribution in [0.2, 0.25) is 0 Å². The molecule has 0 spiro atoms. The van der Waals surface area contributed by atoms with E-state index in [-0.39, 0.29) is 5.82 Å². The zero-order valence-corrected chi connectivity index (χ0v) is 11.0. The Morgan fingerprint density at radius 1 is 1.00 bits per heavy atom. The lowest BCUT2D eigenvalue weighted by molar-refractivity contribution is 0.415. The van der Waals surface area contributed by atoms with E-state index in [1.165, 1.54) is 6.07 Å². The van der Waals surface area contributed by atoms with Crippen molar-refractivity contribution in [2.45, 2.75) is 0 Å². The van der Waals surface area contributed by atoms with Crippen molar-refractivity contribution in [1.82, 2.24) is 9.78 Å².